The number of carbonyl (C=O) groups is 1. The molecule has 0 N–H and O–H groups in total. The average Bonchev–Trinajstić information content (AvgIpc) is 2.59. The number of benzene rings is 1. The minimum atomic E-state index is -0.463. The van der Waals surface area contributed by atoms with Gasteiger partial charge in [-0.3, -0.25) is 4.90 Å². The van der Waals surface area contributed by atoms with E-state index in [0.717, 1.165) is 24.1 Å². The van der Waals surface area contributed by atoms with Crippen molar-refractivity contribution in [3.63, 3.8) is 0 Å². The summed E-state index contributed by atoms with van der Waals surface area (Å²) < 4.78 is 19.2. The van der Waals surface area contributed by atoms with Gasteiger partial charge >= 0.3 is 5.97 Å². The highest BCUT2D eigenvalue weighted by Crippen LogP contribution is 2.49. The van der Waals surface area contributed by atoms with Crippen molar-refractivity contribution in [2.24, 2.45) is 5.41 Å². The summed E-state index contributed by atoms with van der Waals surface area (Å²) in [6, 6.07) is 3.73. The number of fused-ring (bicyclic) bond motifs is 1. The van der Waals surface area contributed by atoms with E-state index in [2.05, 4.69) is 16.7 Å². The summed E-state index contributed by atoms with van der Waals surface area (Å²) >= 11 is 2.08. The van der Waals surface area contributed by atoms with Crippen LogP contribution < -0.4 is 0 Å². The summed E-state index contributed by atoms with van der Waals surface area (Å²) in [5.74, 6) is 1.95. The van der Waals surface area contributed by atoms with Crippen LogP contribution in [-0.4, -0.2) is 42.1 Å². The molecule has 5 heteroatoms. The molecule has 2 heterocycles. The molecule has 2 aliphatic heterocycles. The first-order valence-electron chi connectivity index (χ1n) is 8.82. The van der Waals surface area contributed by atoms with Gasteiger partial charge in [-0.15, -0.1) is 0 Å². The monoisotopic (exact) mass is 349 g/mol. The van der Waals surface area contributed by atoms with Crippen molar-refractivity contribution in [2.75, 3.05) is 25.2 Å². The number of thioether (sulfide) groups is 1. The van der Waals surface area contributed by atoms with Gasteiger partial charge in [-0.25, -0.2) is 9.18 Å². The number of hydrogen-bond donors (Lipinski definition) is 0. The molecule has 1 aromatic carbocycles. The minimum absolute atomic E-state index is 0.264. The molecular weight excluding hydrogens is 325 g/mol. The van der Waals surface area contributed by atoms with Crippen molar-refractivity contribution in [1.82, 2.24) is 4.90 Å². The van der Waals surface area contributed by atoms with Gasteiger partial charge in [-0.05, 0) is 66.7 Å². The van der Waals surface area contributed by atoms with Crippen molar-refractivity contribution in [3.8, 4) is 0 Å². The molecule has 0 atom stereocenters. The quantitative estimate of drug-likeness (QED) is 0.763. The summed E-state index contributed by atoms with van der Waals surface area (Å²) in [5.41, 5.74) is 2.70. The van der Waals surface area contributed by atoms with E-state index in [4.69, 9.17) is 4.74 Å². The van der Waals surface area contributed by atoms with Gasteiger partial charge in [0, 0.05) is 24.7 Å². The Kier molecular flexibility index (Phi) is 4.33. The highest BCUT2D eigenvalue weighted by atomic mass is 32.2. The molecule has 24 heavy (non-hydrogen) atoms. The van der Waals surface area contributed by atoms with Gasteiger partial charge < -0.3 is 4.74 Å². The molecule has 0 unspecified atom stereocenters. The zero-order valence-electron chi connectivity index (χ0n) is 14.1. The zero-order chi connectivity index (χ0) is 16.7. The largest absolute Gasteiger partial charge is 0.465 e. The number of rotatable bonds is 2. The standard InChI is InChI=1S/C19H24FNO2S/c1-23-18(22)14-8-13-4-7-21(10-16(13)17(20)9-14)15-2-5-19(6-3-15)11-24-12-19/h8-9,15H,2-7,10-12H2,1H3. The normalized spacial score (nSPS) is 23.6. The van der Waals surface area contributed by atoms with E-state index in [1.165, 1.54) is 50.4 Å². The molecule has 0 amide bonds. The first-order chi connectivity index (χ1) is 11.6. The van der Waals surface area contributed by atoms with Crippen molar-refractivity contribution >= 4 is 17.7 Å². The highest BCUT2D eigenvalue weighted by Gasteiger charge is 2.42. The molecule has 1 saturated heterocycles. The Morgan fingerprint density at radius 1 is 1.33 bits per heavy atom. The number of halogens is 1. The summed E-state index contributed by atoms with van der Waals surface area (Å²) in [5, 5.41) is 0. The lowest BCUT2D eigenvalue weighted by molar-refractivity contribution is 0.0599. The van der Waals surface area contributed by atoms with E-state index in [1.54, 1.807) is 0 Å². The number of carbonyl (C=O) groups excluding carboxylic acids is 1. The fourth-order valence-corrected chi connectivity index (χ4v) is 5.81. The Morgan fingerprint density at radius 3 is 2.71 bits per heavy atom. The number of ether oxygens (including phenoxy) is 1. The molecule has 1 aliphatic carbocycles. The molecule has 3 aliphatic rings. The minimum Gasteiger partial charge on any atom is -0.465 e. The fourth-order valence-electron chi connectivity index (χ4n) is 4.45. The Bertz CT molecular complexity index is 649. The summed E-state index contributed by atoms with van der Waals surface area (Å²) in [4.78, 5) is 14.1. The molecule has 0 aromatic heterocycles. The average molecular weight is 349 g/mol. The van der Waals surface area contributed by atoms with Gasteiger partial charge in [0.1, 0.15) is 5.82 Å². The predicted molar refractivity (Wildman–Crippen MR) is 93.9 cm³/mol. The first kappa shape index (κ1) is 16.4. The van der Waals surface area contributed by atoms with Crippen LogP contribution in [0.5, 0.6) is 0 Å². The maximum atomic E-state index is 14.5. The Labute approximate surface area is 146 Å². The predicted octanol–water partition coefficient (Wildman–Crippen LogP) is 3.65. The van der Waals surface area contributed by atoms with E-state index in [1.807, 2.05) is 6.07 Å². The van der Waals surface area contributed by atoms with Crippen LogP contribution in [0, 0.1) is 11.2 Å². The topological polar surface area (TPSA) is 29.5 Å². The smallest absolute Gasteiger partial charge is 0.337 e. The molecular formula is C19H24FNO2S. The third kappa shape index (κ3) is 2.86. The number of methoxy groups -OCH3 is 1. The molecule has 1 aromatic rings. The van der Waals surface area contributed by atoms with Crippen LogP contribution in [0.15, 0.2) is 12.1 Å². The molecule has 3 nitrogen and oxygen atoms in total. The van der Waals surface area contributed by atoms with Gasteiger partial charge in [-0.1, -0.05) is 0 Å². The third-order valence-corrected chi connectivity index (χ3v) is 7.72. The molecule has 0 radical (unpaired) electrons. The lowest BCUT2D eigenvalue weighted by Gasteiger charge is -2.49. The summed E-state index contributed by atoms with van der Waals surface area (Å²) in [6.07, 6.45) is 5.97. The Hall–Kier alpha value is -1.07. The second kappa shape index (κ2) is 6.34. The Balaban J connectivity index is 1.47. The van der Waals surface area contributed by atoms with Crippen LogP contribution in [0.3, 0.4) is 0 Å². The Morgan fingerprint density at radius 2 is 2.08 bits per heavy atom. The van der Waals surface area contributed by atoms with Gasteiger partial charge in [0.15, 0.2) is 0 Å². The van der Waals surface area contributed by atoms with Crippen molar-refractivity contribution in [3.05, 3.63) is 34.6 Å². The van der Waals surface area contributed by atoms with Crippen molar-refractivity contribution in [2.45, 2.75) is 44.7 Å². The molecule has 2 fully saturated rings. The third-order valence-electron chi connectivity index (χ3n) is 6.09. The molecule has 1 spiro atoms. The highest BCUT2D eigenvalue weighted by molar-refractivity contribution is 8.00. The van der Waals surface area contributed by atoms with E-state index in [9.17, 15) is 9.18 Å². The summed E-state index contributed by atoms with van der Waals surface area (Å²) in [6.45, 7) is 1.64. The molecule has 1 saturated carbocycles. The molecule has 0 bridgehead atoms. The van der Waals surface area contributed by atoms with E-state index >= 15 is 0 Å². The molecule has 130 valence electrons. The van der Waals surface area contributed by atoms with E-state index < -0.39 is 5.97 Å². The number of hydrogen-bond acceptors (Lipinski definition) is 4. The second-order valence-corrected chi connectivity index (χ2v) is 8.52. The van der Waals surface area contributed by atoms with Crippen molar-refractivity contribution < 1.29 is 13.9 Å². The maximum Gasteiger partial charge on any atom is 0.337 e. The van der Waals surface area contributed by atoms with Crippen LogP contribution in [0.25, 0.3) is 0 Å². The summed E-state index contributed by atoms with van der Waals surface area (Å²) in [7, 11) is 1.33. The zero-order valence-corrected chi connectivity index (χ0v) is 15.0. The van der Waals surface area contributed by atoms with E-state index in [0.29, 0.717) is 23.6 Å². The van der Waals surface area contributed by atoms with Gasteiger partial charge in [-0.2, -0.15) is 11.8 Å². The maximum absolute atomic E-state index is 14.5. The van der Waals surface area contributed by atoms with Gasteiger partial charge in [0.05, 0.1) is 12.7 Å². The number of nitrogens with zero attached hydrogens (tertiary/aromatic N) is 1. The van der Waals surface area contributed by atoms with Crippen molar-refractivity contribution in [1.29, 1.82) is 0 Å². The lowest BCUT2D eigenvalue weighted by Crippen LogP contribution is -2.47. The van der Waals surface area contributed by atoms with E-state index in [-0.39, 0.29) is 5.82 Å². The molecule has 4 rings (SSSR count). The second-order valence-electron chi connectivity index (χ2n) is 7.53. The van der Waals surface area contributed by atoms with Gasteiger partial charge in [0.2, 0.25) is 0 Å². The SMILES string of the molecule is COC(=O)c1cc(F)c2c(c1)CCN(C1CCC3(CC1)CSC3)C2. The first-order valence-corrected chi connectivity index (χ1v) is 9.97. The van der Waals surface area contributed by atoms with Crippen LogP contribution in [-0.2, 0) is 17.7 Å². The van der Waals surface area contributed by atoms with Crippen LogP contribution in [0.1, 0.15) is 47.2 Å². The van der Waals surface area contributed by atoms with Gasteiger partial charge in [0.25, 0.3) is 0 Å². The number of esters is 1. The lowest BCUT2D eigenvalue weighted by atomic mass is 9.74. The van der Waals surface area contributed by atoms with Crippen LogP contribution in [0.4, 0.5) is 4.39 Å². The van der Waals surface area contributed by atoms with Crippen LogP contribution in [0.2, 0.25) is 0 Å². The van der Waals surface area contributed by atoms with Crippen LogP contribution >= 0.6 is 11.8 Å². The fraction of sp³-hybridized carbons (Fsp3) is 0.632.